The number of rotatable bonds is 3. The van der Waals surface area contributed by atoms with Crippen molar-refractivity contribution in [2.45, 2.75) is 38.3 Å². The largest absolute Gasteiger partial charge is 0.495 e. The van der Waals surface area contributed by atoms with E-state index in [1.165, 1.54) is 0 Å². The van der Waals surface area contributed by atoms with Crippen molar-refractivity contribution in [2.24, 2.45) is 0 Å². The lowest BCUT2D eigenvalue weighted by Crippen LogP contribution is -2.35. The van der Waals surface area contributed by atoms with Crippen LogP contribution in [0.5, 0.6) is 5.75 Å². The molecular weight excluding hydrogens is 266 g/mol. The van der Waals surface area contributed by atoms with E-state index in [4.69, 9.17) is 10.00 Å². The first-order valence-electron chi connectivity index (χ1n) is 7.36. The summed E-state index contributed by atoms with van der Waals surface area (Å²) < 4.78 is 5.49. The number of hydrogen-bond donors (Lipinski definition) is 1. The summed E-state index contributed by atoms with van der Waals surface area (Å²) in [6, 6.07) is 6.29. The number of carbonyl (C=O) groups is 1. The number of nitriles is 1. The minimum Gasteiger partial charge on any atom is -0.495 e. The molecule has 110 valence electrons. The van der Waals surface area contributed by atoms with Crippen LogP contribution < -0.4 is 15.0 Å². The Morgan fingerprint density at radius 1 is 1.48 bits per heavy atom. The number of ether oxygens (including phenoxy) is 1. The summed E-state index contributed by atoms with van der Waals surface area (Å²) in [6.45, 7) is 1.49. The molecule has 0 spiro atoms. The van der Waals surface area contributed by atoms with E-state index in [1.54, 1.807) is 7.11 Å². The Morgan fingerprint density at radius 3 is 3.05 bits per heavy atom. The zero-order chi connectivity index (χ0) is 14.8. The van der Waals surface area contributed by atoms with E-state index >= 15 is 0 Å². The smallest absolute Gasteiger partial charge is 0.227 e. The van der Waals surface area contributed by atoms with Crippen molar-refractivity contribution >= 4 is 11.6 Å². The normalized spacial score (nSPS) is 21.0. The third-order valence-electron chi connectivity index (χ3n) is 4.26. The van der Waals surface area contributed by atoms with Crippen molar-refractivity contribution in [3.63, 3.8) is 0 Å². The van der Waals surface area contributed by atoms with E-state index in [0.717, 1.165) is 48.5 Å². The van der Waals surface area contributed by atoms with Gasteiger partial charge < -0.3 is 15.0 Å². The Hall–Kier alpha value is -2.06. The quantitative estimate of drug-likeness (QED) is 0.925. The molecule has 1 fully saturated rings. The maximum Gasteiger partial charge on any atom is 0.227 e. The first-order chi connectivity index (χ1) is 10.2. The van der Waals surface area contributed by atoms with Crippen molar-refractivity contribution in [2.75, 3.05) is 18.6 Å². The maximum atomic E-state index is 12.1. The molecule has 0 aromatic heterocycles. The van der Waals surface area contributed by atoms with Crippen LogP contribution in [0.25, 0.3) is 0 Å². The zero-order valence-corrected chi connectivity index (χ0v) is 12.2. The van der Waals surface area contributed by atoms with Gasteiger partial charge in [0.05, 0.1) is 25.3 Å². The average Bonchev–Trinajstić information content (AvgIpc) is 2.89. The summed E-state index contributed by atoms with van der Waals surface area (Å²) >= 11 is 0. The molecule has 1 aromatic rings. The van der Waals surface area contributed by atoms with E-state index in [1.807, 2.05) is 17.0 Å². The topological polar surface area (TPSA) is 65.4 Å². The number of hydrogen-bond acceptors (Lipinski definition) is 4. The Labute approximate surface area is 124 Å². The zero-order valence-electron chi connectivity index (χ0n) is 12.2. The molecule has 0 bridgehead atoms. The standard InChI is InChI=1S/C16H19N3O2/c1-21-15-9-12-11(10-18-13(12)5-6-17)8-14(15)19-7-3-2-4-16(19)20/h8-9,13,18H,2-5,7,10H2,1H3. The molecule has 2 aliphatic rings. The van der Waals surface area contributed by atoms with E-state index in [2.05, 4.69) is 11.4 Å². The first-order valence-corrected chi connectivity index (χ1v) is 7.36. The Balaban J connectivity index is 1.99. The van der Waals surface area contributed by atoms with Gasteiger partial charge in [-0.3, -0.25) is 4.79 Å². The lowest BCUT2D eigenvalue weighted by molar-refractivity contribution is -0.119. The van der Waals surface area contributed by atoms with Crippen LogP contribution in [0.1, 0.15) is 42.9 Å². The number of amides is 1. The van der Waals surface area contributed by atoms with E-state index in [-0.39, 0.29) is 11.9 Å². The van der Waals surface area contributed by atoms with Gasteiger partial charge in [0.15, 0.2) is 0 Å². The van der Waals surface area contributed by atoms with E-state index < -0.39 is 0 Å². The molecule has 0 aliphatic carbocycles. The number of carbonyl (C=O) groups excluding carboxylic acids is 1. The fourth-order valence-electron chi connectivity index (χ4n) is 3.16. The molecule has 1 unspecified atom stereocenters. The van der Waals surface area contributed by atoms with Gasteiger partial charge in [-0.05, 0) is 36.1 Å². The molecule has 0 radical (unpaired) electrons. The molecule has 1 aromatic carbocycles. The van der Waals surface area contributed by atoms with Crippen molar-refractivity contribution in [1.82, 2.24) is 5.32 Å². The van der Waals surface area contributed by atoms with Gasteiger partial charge in [-0.2, -0.15) is 5.26 Å². The van der Waals surface area contributed by atoms with Gasteiger partial charge in [-0.25, -0.2) is 0 Å². The summed E-state index contributed by atoms with van der Waals surface area (Å²) in [5.41, 5.74) is 3.13. The predicted molar refractivity (Wildman–Crippen MR) is 79.0 cm³/mol. The third kappa shape index (κ3) is 2.47. The van der Waals surface area contributed by atoms with E-state index in [0.29, 0.717) is 12.8 Å². The second-order valence-electron chi connectivity index (χ2n) is 5.52. The summed E-state index contributed by atoms with van der Waals surface area (Å²) in [4.78, 5) is 14.0. The van der Waals surface area contributed by atoms with Crippen LogP contribution >= 0.6 is 0 Å². The highest BCUT2D eigenvalue weighted by Gasteiger charge is 2.28. The third-order valence-corrected chi connectivity index (χ3v) is 4.26. The van der Waals surface area contributed by atoms with Crippen LogP contribution in [0.2, 0.25) is 0 Å². The van der Waals surface area contributed by atoms with Crippen molar-refractivity contribution < 1.29 is 9.53 Å². The minimum atomic E-state index is 0.0602. The van der Waals surface area contributed by atoms with Gasteiger partial charge in [-0.15, -0.1) is 0 Å². The maximum absolute atomic E-state index is 12.1. The molecule has 2 aliphatic heterocycles. The number of benzene rings is 1. The van der Waals surface area contributed by atoms with Crippen LogP contribution in [0, 0.1) is 11.3 Å². The lowest BCUT2D eigenvalue weighted by atomic mass is 10.00. The molecule has 2 heterocycles. The lowest BCUT2D eigenvalue weighted by Gasteiger charge is -2.28. The SMILES string of the molecule is COc1cc2c(cc1N1CCCCC1=O)CNC2CC#N. The Morgan fingerprint density at radius 2 is 2.33 bits per heavy atom. The van der Waals surface area contributed by atoms with Gasteiger partial charge in [-0.1, -0.05) is 0 Å². The second-order valence-corrected chi connectivity index (χ2v) is 5.52. The van der Waals surface area contributed by atoms with Crippen LogP contribution in [-0.4, -0.2) is 19.6 Å². The highest BCUT2D eigenvalue weighted by molar-refractivity contribution is 5.95. The van der Waals surface area contributed by atoms with Crippen LogP contribution in [0.3, 0.4) is 0 Å². The molecule has 0 saturated carbocycles. The van der Waals surface area contributed by atoms with Crippen molar-refractivity contribution in [3.8, 4) is 11.8 Å². The second kappa shape index (κ2) is 5.74. The predicted octanol–water partition coefficient (Wildman–Crippen LogP) is 2.27. The number of nitrogens with one attached hydrogen (secondary N) is 1. The molecule has 5 heteroatoms. The molecule has 21 heavy (non-hydrogen) atoms. The molecule has 1 atom stereocenters. The Kier molecular flexibility index (Phi) is 3.80. The van der Waals surface area contributed by atoms with Gasteiger partial charge in [0.1, 0.15) is 5.75 Å². The van der Waals surface area contributed by atoms with Crippen molar-refractivity contribution in [3.05, 3.63) is 23.3 Å². The summed E-state index contributed by atoms with van der Waals surface area (Å²) in [7, 11) is 1.63. The minimum absolute atomic E-state index is 0.0602. The van der Waals surface area contributed by atoms with Crippen LogP contribution in [0.4, 0.5) is 5.69 Å². The van der Waals surface area contributed by atoms with Crippen LogP contribution in [0.15, 0.2) is 12.1 Å². The number of methoxy groups -OCH3 is 1. The molecule has 3 rings (SSSR count). The molecule has 1 N–H and O–H groups in total. The molecule has 5 nitrogen and oxygen atoms in total. The molecule has 1 saturated heterocycles. The summed E-state index contributed by atoms with van der Waals surface area (Å²) in [5, 5.41) is 12.2. The number of fused-ring (bicyclic) bond motifs is 1. The fourth-order valence-corrected chi connectivity index (χ4v) is 3.16. The van der Waals surface area contributed by atoms with Gasteiger partial charge in [0, 0.05) is 25.6 Å². The Bertz CT molecular complexity index is 606. The van der Waals surface area contributed by atoms with Gasteiger partial charge in [0.25, 0.3) is 0 Å². The highest BCUT2D eigenvalue weighted by atomic mass is 16.5. The number of anilines is 1. The molecule has 1 amide bonds. The van der Waals surface area contributed by atoms with Crippen molar-refractivity contribution in [1.29, 1.82) is 5.26 Å². The number of piperidine rings is 1. The average molecular weight is 285 g/mol. The van der Waals surface area contributed by atoms with Crippen LogP contribution in [-0.2, 0) is 11.3 Å². The van der Waals surface area contributed by atoms with E-state index in [9.17, 15) is 4.79 Å². The van der Waals surface area contributed by atoms with Gasteiger partial charge in [0.2, 0.25) is 5.91 Å². The molecular formula is C16H19N3O2. The van der Waals surface area contributed by atoms with Gasteiger partial charge >= 0.3 is 0 Å². The highest BCUT2D eigenvalue weighted by Crippen LogP contribution is 2.38. The summed E-state index contributed by atoms with van der Waals surface area (Å²) in [5.74, 6) is 0.884. The first kappa shape index (κ1) is 13.9. The summed E-state index contributed by atoms with van der Waals surface area (Å²) in [6.07, 6.45) is 3.05. The fraction of sp³-hybridized carbons (Fsp3) is 0.500. The number of nitrogens with zero attached hydrogens (tertiary/aromatic N) is 2. The monoisotopic (exact) mass is 285 g/mol.